The van der Waals surface area contributed by atoms with Crippen LogP contribution in [0, 0.1) is 0 Å². The monoisotopic (exact) mass is 388 g/mol. The lowest BCUT2D eigenvalue weighted by Gasteiger charge is -2.43. The first-order chi connectivity index (χ1) is 12.9. The molecule has 0 bridgehead atoms. The molecule has 2 aromatic rings. The van der Waals surface area contributed by atoms with Crippen LogP contribution in [0.4, 0.5) is 0 Å². The number of morpholine rings is 1. The van der Waals surface area contributed by atoms with Gasteiger partial charge in [0.05, 0.1) is 17.1 Å². The van der Waals surface area contributed by atoms with E-state index in [1.165, 1.54) is 0 Å². The highest BCUT2D eigenvalue weighted by molar-refractivity contribution is 7.89. The van der Waals surface area contributed by atoms with Gasteiger partial charge in [0.25, 0.3) is 0 Å². The molecule has 0 aliphatic carbocycles. The lowest BCUT2D eigenvalue weighted by Crippen LogP contribution is -2.53. The molecule has 0 spiro atoms. The highest BCUT2D eigenvalue weighted by atomic mass is 32.2. The van der Waals surface area contributed by atoms with E-state index < -0.39 is 10.0 Å². The van der Waals surface area contributed by atoms with E-state index in [-0.39, 0.29) is 12.2 Å². The van der Waals surface area contributed by atoms with Crippen LogP contribution in [0.2, 0.25) is 0 Å². The molecule has 0 radical (unpaired) electrons. The van der Waals surface area contributed by atoms with Crippen LogP contribution in [-0.2, 0) is 14.8 Å². The molecule has 27 heavy (non-hydrogen) atoms. The highest BCUT2D eigenvalue weighted by Crippen LogP contribution is 2.27. The number of rotatable bonds is 3. The fourth-order valence-corrected chi connectivity index (χ4v) is 5.95. The number of ether oxygens (including phenoxy) is 1. The van der Waals surface area contributed by atoms with Crippen molar-refractivity contribution in [3.8, 4) is 0 Å². The SMILES string of the molecule is C[C@@H]1CN(C2CCN(S(=O)(=O)c3ccc4ccccc4c3)CC2)C[C@H](C)O1. The van der Waals surface area contributed by atoms with Crippen molar-refractivity contribution in [2.45, 2.75) is 49.8 Å². The Balaban J connectivity index is 1.46. The minimum Gasteiger partial charge on any atom is -0.373 e. The van der Waals surface area contributed by atoms with E-state index in [1.54, 1.807) is 16.4 Å². The molecular formula is C21H28N2O3S. The molecule has 0 saturated carbocycles. The molecule has 0 amide bonds. The number of fused-ring (bicyclic) bond motifs is 1. The van der Waals surface area contributed by atoms with Gasteiger partial charge in [0, 0.05) is 32.2 Å². The van der Waals surface area contributed by atoms with E-state index in [4.69, 9.17) is 4.74 Å². The summed E-state index contributed by atoms with van der Waals surface area (Å²) in [5, 5.41) is 2.02. The van der Waals surface area contributed by atoms with Crippen LogP contribution in [0.15, 0.2) is 47.4 Å². The van der Waals surface area contributed by atoms with E-state index in [2.05, 4.69) is 18.7 Å². The average Bonchev–Trinajstić information content (AvgIpc) is 2.67. The third-order valence-electron chi connectivity index (χ3n) is 5.75. The van der Waals surface area contributed by atoms with E-state index in [1.807, 2.05) is 30.3 Å². The second-order valence-corrected chi connectivity index (χ2v) is 9.79. The maximum absolute atomic E-state index is 13.1. The third-order valence-corrected chi connectivity index (χ3v) is 7.64. The summed E-state index contributed by atoms with van der Waals surface area (Å²) in [6.45, 7) is 7.27. The Labute approximate surface area is 162 Å². The first-order valence-electron chi connectivity index (χ1n) is 9.82. The Hall–Kier alpha value is -1.47. The van der Waals surface area contributed by atoms with Crippen molar-refractivity contribution in [3.05, 3.63) is 42.5 Å². The predicted molar refractivity (Wildman–Crippen MR) is 107 cm³/mol. The fourth-order valence-electron chi connectivity index (χ4n) is 4.44. The zero-order valence-electron chi connectivity index (χ0n) is 16.0. The average molecular weight is 389 g/mol. The Morgan fingerprint density at radius 3 is 2.22 bits per heavy atom. The Bertz CT molecular complexity index is 897. The molecule has 146 valence electrons. The minimum atomic E-state index is -3.44. The Kier molecular flexibility index (Phi) is 5.25. The van der Waals surface area contributed by atoms with Crippen molar-refractivity contribution in [1.29, 1.82) is 0 Å². The van der Waals surface area contributed by atoms with Crippen molar-refractivity contribution in [1.82, 2.24) is 9.21 Å². The van der Waals surface area contributed by atoms with Gasteiger partial charge in [0.15, 0.2) is 0 Å². The summed E-state index contributed by atoms with van der Waals surface area (Å²) in [4.78, 5) is 2.88. The smallest absolute Gasteiger partial charge is 0.243 e. The van der Waals surface area contributed by atoms with Gasteiger partial charge in [-0.2, -0.15) is 4.31 Å². The summed E-state index contributed by atoms with van der Waals surface area (Å²) in [6.07, 6.45) is 2.25. The van der Waals surface area contributed by atoms with Crippen LogP contribution in [0.1, 0.15) is 26.7 Å². The van der Waals surface area contributed by atoms with Gasteiger partial charge in [-0.25, -0.2) is 8.42 Å². The number of benzene rings is 2. The van der Waals surface area contributed by atoms with Crippen molar-refractivity contribution in [2.75, 3.05) is 26.2 Å². The number of sulfonamides is 1. The number of nitrogens with zero attached hydrogens (tertiary/aromatic N) is 2. The first kappa shape index (κ1) is 18.9. The molecule has 0 aromatic heterocycles. The molecule has 2 saturated heterocycles. The molecule has 2 aliphatic heterocycles. The van der Waals surface area contributed by atoms with E-state index in [0.717, 1.165) is 36.7 Å². The Morgan fingerprint density at radius 2 is 1.56 bits per heavy atom. The van der Waals surface area contributed by atoms with Gasteiger partial charge < -0.3 is 4.74 Å². The maximum Gasteiger partial charge on any atom is 0.243 e. The zero-order valence-corrected chi connectivity index (χ0v) is 16.9. The van der Waals surface area contributed by atoms with Crippen molar-refractivity contribution in [3.63, 3.8) is 0 Å². The van der Waals surface area contributed by atoms with Gasteiger partial charge in [-0.15, -0.1) is 0 Å². The van der Waals surface area contributed by atoms with Crippen molar-refractivity contribution >= 4 is 20.8 Å². The molecule has 0 N–H and O–H groups in total. The van der Waals surface area contributed by atoms with Crippen LogP contribution in [0.3, 0.4) is 0 Å². The molecule has 2 aromatic carbocycles. The summed E-state index contributed by atoms with van der Waals surface area (Å²) >= 11 is 0. The summed E-state index contributed by atoms with van der Waals surface area (Å²) in [5.74, 6) is 0. The van der Waals surface area contributed by atoms with Gasteiger partial charge in [-0.05, 0) is 49.6 Å². The van der Waals surface area contributed by atoms with Crippen molar-refractivity contribution < 1.29 is 13.2 Å². The normalized spacial score (nSPS) is 26.4. The molecule has 0 unspecified atom stereocenters. The lowest BCUT2D eigenvalue weighted by atomic mass is 10.0. The summed E-state index contributed by atoms with van der Waals surface area (Å²) in [6, 6.07) is 13.7. The summed E-state index contributed by atoms with van der Waals surface area (Å²) in [5.41, 5.74) is 0. The number of hydrogen-bond acceptors (Lipinski definition) is 4. The van der Waals surface area contributed by atoms with E-state index in [0.29, 0.717) is 24.0 Å². The van der Waals surface area contributed by atoms with Gasteiger partial charge in [-0.3, -0.25) is 4.90 Å². The molecule has 5 nitrogen and oxygen atoms in total. The summed E-state index contributed by atoms with van der Waals surface area (Å²) < 4.78 is 33.7. The fraction of sp³-hybridized carbons (Fsp3) is 0.524. The van der Waals surface area contributed by atoms with Crippen LogP contribution in [-0.4, -0.2) is 62.1 Å². The van der Waals surface area contributed by atoms with Crippen LogP contribution < -0.4 is 0 Å². The van der Waals surface area contributed by atoms with Crippen molar-refractivity contribution in [2.24, 2.45) is 0 Å². The largest absolute Gasteiger partial charge is 0.373 e. The number of piperidine rings is 1. The Morgan fingerprint density at radius 1 is 0.926 bits per heavy atom. The molecule has 2 fully saturated rings. The molecule has 6 heteroatoms. The second-order valence-electron chi connectivity index (χ2n) is 7.86. The van der Waals surface area contributed by atoms with Gasteiger partial charge in [-0.1, -0.05) is 30.3 Å². The predicted octanol–water partition coefficient (Wildman–Crippen LogP) is 3.10. The summed E-state index contributed by atoms with van der Waals surface area (Å²) in [7, 11) is -3.44. The molecule has 2 atom stereocenters. The van der Waals surface area contributed by atoms with Gasteiger partial charge >= 0.3 is 0 Å². The molecular weight excluding hydrogens is 360 g/mol. The number of hydrogen-bond donors (Lipinski definition) is 0. The molecule has 4 rings (SSSR count). The molecule has 2 aliphatic rings. The topological polar surface area (TPSA) is 49.9 Å². The van der Waals surface area contributed by atoms with Crippen LogP contribution >= 0.6 is 0 Å². The van der Waals surface area contributed by atoms with E-state index >= 15 is 0 Å². The van der Waals surface area contributed by atoms with Crippen LogP contribution in [0.5, 0.6) is 0 Å². The second kappa shape index (κ2) is 7.51. The lowest BCUT2D eigenvalue weighted by molar-refractivity contribution is -0.0847. The van der Waals surface area contributed by atoms with Crippen LogP contribution in [0.25, 0.3) is 10.8 Å². The minimum absolute atomic E-state index is 0.244. The van der Waals surface area contributed by atoms with E-state index in [9.17, 15) is 8.42 Å². The van der Waals surface area contributed by atoms with Gasteiger partial charge in [0.1, 0.15) is 0 Å². The first-order valence-corrected chi connectivity index (χ1v) is 11.3. The highest BCUT2D eigenvalue weighted by Gasteiger charge is 2.34. The molecule has 2 heterocycles. The quantitative estimate of drug-likeness (QED) is 0.811. The zero-order chi connectivity index (χ0) is 19.0. The van der Waals surface area contributed by atoms with Gasteiger partial charge in [0.2, 0.25) is 10.0 Å². The third kappa shape index (κ3) is 3.90. The maximum atomic E-state index is 13.1. The standard InChI is InChI=1S/C21H28N2O3S/c1-16-14-22(15-17(2)26-16)20-9-11-23(12-10-20)27(24,25)21-8-7-18-5-3-4-6-19(18)13-21/h3-8,13,16-17,20H,9-12,14-15H2,1-2H3/t16-,17+.